The summed E-state index contributed by atoms with van der Waals surface area (Å²) in [7, 11) is 1.43. The first kappa shape index (κ1) is 17.8. The largest absolute Gasteiger partial charge is 0.467 e. The minimum Gasteiger partial charge on any atom is -0.467 e. The van der Waals surface area contributed by atoms with Gasteiger partial charge in [0.25, 0.3) is 0 Å². The van der Waals surface area contributed by atoms with E-state index >= 15 is 0 Å². The van der Waals surface area contributed by atoms with Crippen LogP contribution in [0.2, 0.25) is 0 Å². The van der Waals surface area contributed by atoms with E-state index in [1.807, 2.05) is 0 Å². The molecule has 0 spiro atoms. The molecule has 0 heterocycles. The average Bonchev–Trinajstić information content (AvgIpc) is 2.51. The molecule has 0 saturated heterocycles. The van der Waals surface area contributed by atoms with Gasteiger partial charge in [0.15, 0.2) is 0 Å². The van der Waals surface area contributed by atoms with Gasteiger partial charge in [-0.2, -0.15) is 0 Å². The van der Waals surface area contributed by atoms with Crippen LogP contribution >= 0.6 is 15.9 Å². The number of carbonyl (C=O) groups excluding carboxylic acids is 2. The number of ether oxygens (including phenoxy) is 1. The molecule has 0 radical (unpaired) electrons. The van der Waals surface area contributed by atoms with Gasteiger partial charge in [-0.25, -0.2) is 4.79 Å². The third kappa shape index (κ3) is 3.26. The summed E-state index contributed by atoms with van der Waals surface area (Å²) >= 11 is 4.02. The number of nitrogens with one attached hydrogen (secondary N) is 1. The molecule has 4 nitrogen and oxygen atoms in total. The molecule has 140 valence electrons. The molecule has 1 amide bonds. The second-order valence-electron chi connectivity index (χ2n) is 9.47. The summed E-state index contributed by atoms with van der Waals surface area (Å²) in [5, 5.41) is 3.14. The number of alkyl halides is 1. The summed E-state index contributed by atoms with van der Waals surface area (Å²) < 4.78 is 5.31. The number of amides is 1. The van der Waals surface area contributed by atoms with Gasteiger partial charge in [-0.3, -0.25) is 4.79 Å². The Morgan fingerprint density at radius 2 is 1.72 bits per heavy atom. The first-order valence-electron chi connectivity index (χ1n) is 9.94. The van der Waals surface area contributed by atoms with E-state index in [2.05, 4.69) is 21.2 Å². The van der Waals surface area contributed by atoms with Gasteiger partial charge in [0.2, 0.25) is 5.91 Å². The molecule has 0 aromatic heterocycles. The molecule has 5 rings (SSSR count). The molecule has 5 aliphatic rings. The van der Waals surface area contributed by atoms with E-state index in [4.69, 9.17) is 4.74 Å². The number of rotatable bonds is 4. The highest BCUT2D eigenvalue weighted by molar-refractivity contribution is 9.10. The van der Waals surface area contributed by atoms with E-state index in [-0.39, 0.29) is 21.6 Å². The van der Waals surface area contributed by atoms with Crippen LogP contribution in [-0.4, -0.2) is 28.8 Å². The van der Waals surface area contributed by atoms with Gasteiger partial charge < -0.3 is 10.1 Å². The molecule has 0 unspecified atom stereocenters. The van der Waals surface area contributed by atoms with E-state index in [0.29, 0.717) is 19.3 Å². The predicted molar refractivity (Wildman–Crippen MR) is 99.4 cm³/mol. The summed E-state index contributed by atoms with van der Waals surface area (Å²) in [5.74, 6) is 1.35. The molecule has 5 fully saturated rings. The zero-order chi connectivity index (χ0) is 17.7. The molecule has 5 heteroatoms. The van der Waals surface area contributed by atoms with Gasteiger partial charge in [0, 0.05) is 10.7 Å². The molecule has 0 aromatic carbocycles. The molecule has 0 aromatic rings. The lowest BCUT2D eigenvalue weighted by Gasteiger charge is -2.60. The first-order chi connectivity index (χ1) is 11.9. The van der Waals surface area contributed by atoms with Gasteiger partial charge in [0.1, 0.15) is 5.54 Å². The normalized spacial score (nSPS) is 41.4. The van der Waals surface area contributed by atoms with Crippen molar-refractivity contribution in [2.45, 2.75) is 86.9 Å². The Kier molecular flexibility index (Phi) is 4.45. The Morgan fingerprint density at radius 3 is 2.28 bits per heavy atom. The van der Waals surface area contributed by atoms with Gasteiger partial charge >= 0.3 is 5.97 Å². The van der Waals surface area contributed by atoms with Crippen molar-refractivity contribution in [1.29, 1.82) is 0 Å². The van der Waals surface area contributed by atoms with Crippen molar-refractivity contribution in [3.8, 4) is 0 Å². The van der Waals surface area contributed by atoms with Crippen LogP contribution in [0, 0.1) is 17.3 Å². The molecule has 2 atom stereocenters. The third-order valence-electron chi connectivity index (χ3n) is 7.31. The van der Waals surface area contributed by atoms with Gasteiger partial charge in [-0.15, -0.1) is 0 Å². The number of halogens is 1. The van der Waals surface area contributed by atoms with Crippen molar-refractivity contribution < 1.29 is 14.3 Å². The minimum atomic E-state index is -0.779. The Labute approximate surface area is 159 Å². The van der Waals surface area contributed by atoms with Gasteiger partial charge in [0.05, 0.1) is 7.11 Å². The Bertz CT molecular complexity index is 555. The van der Waals surface area contributed by atoms with Crippen LogP contribution in [0.25, 0.3) is 0 Å². The number of esters is 1. The topological polar surface area (TPSA) is 55.4 Å². The minimum absolute atomic E-state index is 0.0605. The summed E-state index contributed by atoms with van der Waals surface area (Å²) in [6.07, 6.45) is 12.5. The van der Waals surface area contributed by atoms with Crippen molar-refractivity contribution in [1.82, 2.24) is 5.32 Å². The third-order valence-corrected chi connectivity index (χ3v) is 8.24. The lowest BCUT2D eigenvalue weighted by atomic mass is 9.48. The molecule has 1 N–H and O–H groups in total. The van der Waals surface area contributed by atoms with E-state index in [9.17, 15) is 9.59 Å². The van der Waals surface area contributed by atoms with Crippen LogP contribution < -0.4 is 5.32 Å². The highest BCUT2D eigenvalue weighted by Crippen LogP contribution is 2.65. The first-order valence-corrected chi connectivity index (χ1v) is 10.7. The molecule has 25 heavy (non-hydrogen) atoms. The fraction of sp³-hybridized carbons (Fsp3) is 0.900. The van der Waals surface area contributed by atoms with E-state index in [1.165, 1.54) is 39.2 Å². The van der Waals surface area contributed by atoms with Crippen molar-refractivity contribution in [2.24, 2.45) is 17.3 Å². The highest BCUT2D eigenvalue weighted by Gasteiger charge is 2.57. The van der Waals surface area contributed by atoms with Crippen LogP contribution in [0.15, 0.2) is 0 Å². The summed E-state index contributed by atoms with van der Waals surface area (Å²) in [6, 6.07) is 0. The fourth-order valence-electron chi connectivity index (χ4n) is 6.93. The molecular formula is C20H30BrNO3. The zero-order valence-electron chi connectivity index (χ0n) is 15.2. The highest BCUT2D eigenvalue weighted by atomic mass is 79.9. The summed E-state index contributed by atoms with van der Waals surface area (Å²) in [6.45, 7) is 0. The van der Waals surface area contributed by atoms with Crippen molar-refractivity contribution in [3.63, 3.8) is 0 Å². The van der Waals surface area contributed by atoms with Gasteiger partial charge in [-0.1, -0.05) is 35.2 Å². The smallest absolute Gasteiger partial charge is 0.331 e. The molecule has 5 aliphatic carbocycles. The maximum absolute atomic E-state index is 13.0. The second-order valence-corrected chi connectivity index (χ2v) is 11.2. The molecule has 5 saturated carbocycles. The van der Waals surface area contributed by atoms with E-state index in [1.54, 1.807) is 0 Å². The maximum atomic E-state index is 13.0. The Balaban J connectivity index is 1.47. The van der Waals surface area contributed by atoms with Crippen LogP contribution in [-0.2, 0) is 14.3 Å². The number of methoxy groups -OCH3 is 1. The number of hydrogen-bond donors (Lipinski definition) is 1. The monoisotopic (exact) mass is 411 g/mol. The van der Waals surface area contributed by atoms with Crippen LogP contribution in [0.1, 0.15) is 77.0 Å². The van der Waals surface area contributed by atoms with Crippen LogP contribution in [0.5, 0.6) is 0 Å². The van der Waals surface area contributed by atoms with Crippen molar-refractivity contribution >= 4 is 27.8 Å². The van der Waals surface area contributed by atoms with Crippen LogP contribution in [0.4, 0.5) is 0 Å². The maximum Gasteiger partial charge on any atom is 0.331 e. The summed E-state index contributed by atoms with van der Waals surface area (Å²) in [5.41, 5.74) is -0.637. The zero-order valence-corrected chi connectivity index (χ0v) is 16.8. The van der Waals surface area contributed by atoms with E-state index < -0.39 is 5.54 Å². The predicted octanol–water partition coefficient (Wildman–Crippen LogP) is 4.10. The fourth-order valence-corrected chi connectivity index (χ4v) is 8.44. The van der Waals surface area contributed by atoms with E-state index in [0.717, 1.165) is 37.5 Å². The Morgan fingerprint density at radius 1 is 1.08 bits per heavy atom. The molecule has 4 bridgehead atoms. The number of carbonyl (C=O) groups is 2. The van der Waals surface area contributed by atoms with Crippen LogP contribution in [0.3, 0.4) is 0 Å². The molecule has 0 aliphatic heterocycles. The van der Waals surface area contributed by atoms with Crippen molar-refractivity contribution in [3.05, 3.63) is 0 Å². The number of hydrogen-bond acceptors (Lipinski definition) is 3. The summed E-state index contributed by atoms with van der Waals surface area (Å²) in [4.78, 5) is 25.4. The Hall–Kier alpha value is -0.580. The van der Waals surface area contributed by atoms with Crippen molar-refractivity contribution in [2.75, 3.05) is 7.11 Å². The second kappa shape index (κ2) is 6.24. The van der Waals surface area contributed by atoms with Gasteiger partial charge in [-0.05, 0) is 68.6 Å². The SMILES string of the molecule is COC(=O)C1(NC(=O)CC23C[C@H]4C[C@@H](CC(Br)(C4)C2)C3)CCCCC1. The average molecular weight is 412 g/mol. The lowest BCUT2D eigenvalue weighted by Crippen LogP contribution is -2.58. The quantitative estimate of drug-likeness (QED) is 0.559. The molecular weight excluding hydrogens is 382 g/mol. The lowest BCUT2D eigenvalue weighted by molar-refractivity contribution is -0.153. The standard InChI is InChI=1S/C20H30BrNO3/c1-25-17(24)20(5-3-2-4-6-20)22-16(23)12-18-8-14-7-15(9-18)11-19(21,10-14)13-18/h14-15H,2-13H2,1H3,(H,22,23)/t14-,15-,18?,19?/m1/s1.